The fourth-order valence-electron chi connectivity index (χ4n) is 4.20. The minimum Gasteiger partial charge on any atom is -0.497 e. The van der Waals surface area contributed by atoms with Gasteiger partial charge < -0.3 is 14.2 Å². The lowest BCUT2D eigenvalue weighted by Gasteiger charge is -2.33. The topological polar surface area (TPSA) is 47.4 Å². The summed E-state index contributed by atoms with van der Waals surface area (Å²) in [7, 11) is 7.95. The molecule has 1 fully saturated rings. The smallest absolute Gasteiger partial charge is 0.294 e. The highest BCUT2D eigenvalue weighted by molar-refractivity contribution is 6.36. The van der Waals surface area contributed by atoms with Crippen LogP contribution in [0.15, 0.2) is 23.1 Å². The highest BCUT2D eigenvalue weighted by Crippen LogP contribution is 2.41. The lowest BCUT2D eigenvalue weighted by Crippen LogP contribution is -2.37. The number of rotatable bonds is 5. The minimum absolute atomic E-state index is 0.0961. The van der Waals surface area contributed by atoms with Crippen molar-refractivity contribution in [2.24, 2.45) is 5.92 Å². The number of hydrogen-bond donors (Lipinski definition) is 0. The molecule has 2 radical (unpaired) electrons. The van der Waals surface area contributed by atoms with E-state index in [-0.39, 0.29) is 11.6 Å². The Kier molecular flexibility index (Phi) is 4.93. The van der Waals surface area contributed by atoms with Crippen LogP contribution in [0.3, 0.4) is 0 Å². The Balaban J connectivity index is 1.84. The molecule has 2 heterocycles. The number of ether oxygens (including phenoxy) is 1. The lowest BCUT2D eigenvalue weighted by atomic mass is 9.87. The Bertz CT molecular complexity index is 926. The molecule has 1 saturated carbocycles. The average molecular weight is 384 g/mol. The summed E-state index contributed by atoms with van der Waals surface area (Å²) in [6.07, 6.45) is 6.72. The number of methoxy groups -OCH3 is 1. The lowest BCUT2D eigenvalue weighted by molar-refractivity contribution is 0.414. The summed E-state index contributed by atoms with van der Waals surface area (Å²) >= 11 is 6.33. The monoisotopic (exact) mass is 383 g/mol. The zero-order valence-corrected chi connectivity index (χ0v) is 16.5. The van der Waals surface area contributed by atoms with Crippen LogP contribution >= 0.6 is 11.6 Å². The first-order chi connectivity index (χ1) is 13.0. The maximum atomic E-state index is 13.3. The largest absolute Gasteiger partial charge is 0.497 e. The molecule has 2 aliphatic rings. The van der Waals surface area contributed by atoms with E-state index in [1.165, 1.54) is 12.8 Å². The van der Waals surface area contributed by atoms with E-state index in [0.717, 1.165) is 36.3 Å². The van der Waals surface area contributed by atoms with Crippen molar-refractivity contribution in [3.05, 3.63) is 39.4 Å². The molecule has 1 aliphatic carbocycles. The Hall–Kier alpha value is -1.95. The fraction of sp³-hybridized carbons (Fsp3) is 0.500. The van der Waals surface area contributed by atoms with Gasteiger partial charge in [0.1, 0.15) is 18.7 Å². The van der Waals surface area contributed by atoms with E-state index in [1.807, 2.05) is 11.0 Å². The van der Waals surface area contributed by atoms with Crippen LogP contribution in [-0.4, -0.2) is 31.1 Å². The van der Waals surface area contributed by atoms with Gasteiger partial charge in [0.25, 0.3) is 5.56 Å². The number of aromatic nitrogens is 2. The van der Waals surface area contributed by atoms with Crippen molar-refractivity contribution in [1.82, 2.24) is 9.55 Å². The summed E-state index contributed by atoms with van der Waals surface area (Å²) in [5, 5.41) is 0.336. The van der Waals surface area contributed by atoms with Gasteiger partial charge in [0.15, 0.2) is 0 Å². The molecule has 5 nitrogen and oxygen atoms in total. The second-order valence-corrected chi connectivity index (χ2v) is 7.78. The third-order valence-electron chi connectivity index (χ3n) is 5.61. The first kappa shape index (κ1) is 18.4. The minimum atomic E-state index is -0.0961. The second kappa shape index (κ2) is 7.23. The highest BCUT2D eigenvalue weighted by atomic mass is 35.5. The van der Waals surface area contributed by atoms with Crippen molar-refractivity contribution >= 4 is 36.4 Å². The number of halogens is 1. The van der Waals surface area contributed by atoms with Gasteiger partial charge in [0.05, 0.1) is 7.11 Å². The number of fused-ring (bicyclic) bond motifs is 1. The Morgan fingerprint density at radius 3 is 2.85 bits per heavy atom. The summed E-state index contributed by atoms with van der Waals surface area (Å²) in [5.41, 5.74) is 2.41. The van der Waals surface area contributed by atoms with Gasteiger partial charge in [-0.15, -0.1) is 0 Å². The van der Waals surface area contributed by atoms with Crippen LogP contribution in [-0.2, 0) is 6.42 Å². The predicted octanol–water partition coefficient (Wildman–Crippen LogP) is 3.14. The summed E-state index contributed by atoms with van der Waals surface area (Å²) in [6, 6.07) is 3.95. The summed E-state index contributed by atoms with van der Waals surface area (Å²) in [5.74, 6) is 1.64. The zero-order valence-electron chi connectivity index (χ0n) is 15.7. The van der Waals surface area contributed by atoms with Gasteiger partial charge in [-0.05, 0) is 55.7 Å². The molecule has 140 valence electrons. The van der Waals surface area contributed by atoms with Gasteiger partial charge >= 0.3 is 0 Å². The van der Waals surface area contributed by atoms with Gasteiger partial charge in [-0.2, -0.15) is 0 Å². The van der Waals surface area contributed by atoms with E-state index in [9.17, 15) is 4.79 Å². The summed E-state index contributed by atoms with van der Waals surface area (Å²) < 4.78 is 7.13. The Morgan fingerprint density at radius 1 is 1.41 bits per heavy atom. The van der Waals surface area contributed by atoms with Gasteiger partial charge in [-0.1, -0.05) is 24.0 Å². The number of benzene rings is 1. The molecule has 1 aromatic heterocycles. The van der Waals surface area contributed by atoms with Gasteiger partial charge in [-0.25, -0.2) is 4.98 Å². The number of anilines is 2. The van der Waals surface area contributed by atoms with E-state index in [0.29, 0.717) is 28.9 Å². The van der Waals surface area contributed by atoms with E-state index >= 15 is 0 Å². The number of aryl methyl sites for hydroxylation is 1. The van der Waals surface area contributed by atoms with E-state index in [2.05, 4.69) is 11.9 Å². The first-order valence-corrected chi connectivity index (χ1v) is 9.93. The van der Waals surface area contributed by atoms with E-state index < -0.39 is 0 Å². The Labute approximate surface area is 165 Å². The fourth-order valence-corrected chi connectivity index (χ4v) is 4.39. The van der Waals surface area contributed by atoms with Crippen LogP contribution < -0.4 is 20.7 Å². The van der Waals surface area contributed by atoms with E-state index in [1.54, 1.807) is 23.9 Å². The molecule has 27 heavy (non-hydrogen) atoms. The SMILES string of the molecule is [B]c1cc(OC)cc2c1N(c1nc(Cl)cn([C@@H](CC)C3CC3)c1=O)CCC2. The maximum absolute atomic E-state index is 13.3. The summed E-state index contributed by atoms with van der Waals surface area (Å²) in [6.45, 7) is 2.80. The normalized spacial score (nSPS) is 17.5. The molecule has 0 bridgehead atoms. The van der Waals surface area contributed by atoms with Crippen LogP contribution in [0.4, 0.5) is 11.5 Å². The third-order valence-corrected chi connectivity index (χ3v) is 5.79. The van der Waals surface area contributed by atoms with Crippen LogP contribution in [0.25, 0.3) is 0 Å². The number of nitrogens with zero attached hydrogens (tertiary/aromatic N) is 3. The molecule has 0 amide bonds. The van der Waals surface area contributed by atoms with Crippen LogP contribution in [0.2, 0.25) is 5.15 Å². The van der Waals surface area contributed by atoms with Crippen molar-refractivity contribution < 1.29 is 4.74 Å². The molecule has 4 rings (SSSR count). The van der Waals surface area contributed by atoms with Crippen LogP contribution in [0.1, 0.15) is 44.2 Å². The van der Waals surface area contributed by atoms with Crippen molar-refractivity contribution in [3.63, 3.8) is 0 Å². The van der Waals surface area contributed by atoms with Crippen LogP contribution in [0.5, 0.6) is 5.75 Å². The van der Waals surface area contributed by atoms with Crippen molar-refractivity contribution in [2.45, 2.75) is 45.1 Å². The second-order valence-electron chi connectivity index (χ2n) is 7.39. The standard InChI is InChI=1S/C20H23BClN3O2/c1-3-16(12-6-7-12)25-11-17(22)23-19(20(25)26)24-8-4-5-13-9-14(27-2)10-15(21)18(13)24/h9-12,16H,3-8H2,1-2H3/t16-/m0/s1. The highest BCUT2D eigenvalue weighted by Gasteiger charge is 2.33. The van der Waals surface area contributed by atoms with Gasteiger partial charge in [0.2, 0.25) is 5.82 Å². The van der Waals surface area contributed by atoms with Crippen molar-refractivity contribution in [3.8, 4) is 5.75 Å². The molecular formula is C20H23BClN3O2. The molecule has 0 N–H and O–H groups in total. The number of hydrogen-bond acceptors (Lipinski definition) is 4. The summed E-state index contributed by atoms with van der Waals surface area (Å²) in [4.78, 5) is 19.7. The Morgan fingerprint density at radius 2 is 2.19 bits per heavy atom. The molecular weight excluding hydrogens is 361 g/mol. The van der Waals surface area contributed by atoms with Crippen LogP contribution in [0, 0.1) is 5.92 Å². The molecule has 1 aliphatic heterocycles. The molecule has 0 saturated heterocycles. The predicted molar refractivity (Wildman–Crippen MR) is 109 cm³/mol. The molecule has 7 heteroatoms. The molecule has 0 spiro atoms. The van der Waals surface area contributed by atoms with Crippen molar-refractivity contribution in [1.29, 1.82) is 0 Å². The molecule has 2 aromatic rings. The third kappa shape index (κ3) is 3.36. The first-order valence-electron chi connectivity index (χ1n) is 9.56. The quantitative estimate of drug-likeness (QED) is 0.744. The van der Waals surface area contributed by atoms with Gasteiger partial charge in [-0.3, -0.25) is 4.79 Å². The zero-order chi connectivity index (χ0) is 19.1. The maximum Gasteiger partial charge on any atom is 0.294 e. The van der Waals surface area contributed by atoms with Gasteiger partial charge in [0, 0.05) is 24.5 Å². The molecule has 0 unspecified atom stereocenters. The molecule has 1 atom stereocenters. The van der Waals surface area contributed by atoms with Crippen molar-refractivity contribution in [2.75, 3.05) is 18.6 Å². The average Bonchev–Trinajstić information content (AvgIpc) is 3.49. The van der Waals surface area contributed by atoms with E-state index in [4.69, 9.17) is 24.2 Å². The molecule has 1 aromatic carbocycles.